The molecule has 0 spiro atoms. The van der Waals surface area contributed by atoms with E-state index in [0.717, 1.165) is 0 Å². The molecule has 1 aliphatic heterocycles. The van der Waals surface area contributed by atoms with Gasteiger partial charge >= 0.3 is 6.03 Å². The number of fused-ring (bicyclic) bond motifs is 1. The number of carbonyl (C=O) groups is 3. The van der Waals surface area contributed by atoms with E-state index in [9.17, 15) is 14.4 Å². The smallest absolute Gasteiger partial charge is 0.342 e. The van der Waals surface area contributed by atoms with Gasteiger partial charge in [0.05, 0.1) is 19.9 Å². The standard InChI is InChI=1S/C20H18N4O5/c1-28-15-9-7-12(11-16(15)29-2)8-10-17(25)22-20(27)24-23-18-13-5-3-4-6-14(13)21-19(18)26/h3-11H,1-2H3,(H,21,23,26)(H2,22,24,25,27)/b10-8+. The summed E-state index contributed by atoms with van der Waals surface area (Å²) >= 11 is 0. The van der Waals surface area contributed by atoms with Gasteiger partial charge in [-0.2, -0.15) is 5.10 Å². The molecule has 9 nitrogen and oxygen atoms in total. The first-order chi connectivity index (χ1) is 14.0. The minimum atomic E-state index is -0.864. The minimum absolute atomic E-state index is 0.0593. The predicted molar refractivity (Wildman–Crippen MR) is 107 cm³/mol. The topological polar surface area (TPSA) is 118 Å². The Morgan fingerprint density at radius 3 is 2.59 bits per heavy atom. The highest BCUT2D eigenvalue weighted by Crippen LogP contribution is 2.28. The fraction of sp³-hybridized carbons (Fsp3) is 0.100. The van der Waals surface area contributed by atoms with Crippen molar-refractivity contribution in [2.24, 2.45) is 5.10 Å². The van der Waals surface area contributed by atoms with Crippen LogP contribution in [0, 0.1) is 0 Å². The van der Waals surface area contributed by atoms with Crippen LogP contribution in [0.2, 0.25) is 0 Å². The molecular formula is C20H18N4O5. The van der Waals surface area contributed by atoms with Gasteiger partial charge in [0.1, 0.15) is 0 Å². The molecule has 1 aliphatic rings. The van der Waals surface area contributed by atoms with Crippen molar-refractivity contribution in [1.29, 1.82) is 0 Å². The number of hydrogen-bond acceptors (Lipinski definition) is 6. The third kappa shape index (κ3) is 4.59. The second-order valence-corrected chi connectivity index (χ2v) is 5.84. The van der Waals surface area contributed by atoms with Crippen molar-refractivity contribution in [2.45, 2.75) is 0 Å². The second-order valence-electron chi connectivity index (χ2n) is 5.84. The molecule has 9 heteroatoms. The molecule has 0 saturated heterocycles. The lowest BCUT2D eigenvalue weighted by molar-refractivity contribution is -0.115. The summed E-state index contributed by atoms with van der Waals surface area (Å²) in [6.07, 6.45) is 2.70. The number of rotatable bonds is 5. The first kappa shape index (κ1) is 19.6. The van der Waals surface area contributed by atoms with Crippen molar-refractivity contribution >= 4 is 35.3 Å². The van der Waals surface area contributed by atoms with Gasteiger partial charge in [-0.3, -0.25) is 14.9 Å². The van der Waals surface area contributed by atoms with E-state index in [-0.39, 0.29) is 5.71 Å². The molecule has 0 fully saturated rings. The van der Waals surface area contributed by atoms with Crippen LogP contribution in [0.15, 0.2) is 53.6 Å². The first-order valence-electron chi connectivity index (χ1n) is 8.51. The molecular weight excluding hydrogens is 376 g/mol. The number of imide groups is 1. The van der Waals surface area contributed by atoms with E-state index in [4.69, 9.17) is 9.47 Å². The van der Waals surface area contributed by atoms with Crippen molar-refractivity contribution in [1.82, 2.24) is 10.7 Å². The van der Waals surface area contributed by atoms with E-state index < -0.39 is 17.8 Å². The number of carbonyl (C=O) groups excluding carboxylic acids is 3. The van der Waals surface area contributed by atoms with Crippen molar-refractivity contribution < 1.29 is 23.9 Å². The number of para-hydroxylation sites is 1. The quantitative estimate of drug-likeness (QED) is 0.529. The van der Waals surface area contributed by atoms with Gasteiger partial charge in [-0.25, -0.2) is 10.2 Å². The average molecular weight is 394 g/mol. The van der Waals surface area contributed by atoms with Crippen LogP contribution in [0.5, 0.6) is 11.5 Å². The molecule has 3 rings (SSSR count). The largest absolute Gasteiger partial charge is 0.493 e. The number of methoxy groups -OCH3 is 2. The predicted octanol–water partition coefficient (Wildman–Crippen LogP) is 1.90. The number of hydrazone groups is 1. The zero-order valence-corrected chi connectivity index (χ0v) is 15.7. The molecule has 0 bridgehead atoms. The summed E-state index contributed by atoms with van der Waals surface area (Å²) in [6.45, 7) is 0. The Balaban J connectivity index is 1.59. The van der Waals surface area contributed by atoms with Crippen molar-refractivity contribution in [3.05, 3.63) is 59.7 Å². The molecule has 0 aliphatic carbocycles. The minimum Gasteiger partial charge on any atom is -0.493 e. The molecule has 0 unspecified atom stereocenters. The number of urea groups is 1. The highest BCUT2D eigenvalue weighted by Gasteiger charge is 2.25. The molecule has 1 heterocycles. The van der Waals surface area contributed by atoms with Crippen LogP contribution in [-0.4, -0.2) is 37.8 Å². The van der Waals surface area contributed by atoms with Crippen LogP contribution in [0.25, 0.3) is 6.08 Å². The van der Waals surface area contributed by atoms with Gasteiger partial charge in [0, 0.05) is 11.6 Å². The SMILES string of the molecule is COc1ccc(/C=C/C(=O)NC(=O)N/N=C2\C(=O)Nc3ccccc32)cc1OC. The van der Waals surface area contributed by atoms with Crippen LogP contribution in [0.1, 0.15) is 11.1 Å². The Morgan fingerprint density at radius 2 is 1.83 bits per heavy atom. The number of benzene rings is 2. The fourth-order valence-corrected chi connectivity index (χ4v) is 2.63. The van der Waals surface area contributed by atoms with Gasteiger partial charge in [0.15, 0.2) is 17.2 Å². The van der Waals surface area contributed by atoms with E-state index in [1.165, 1.54) is 26.4 Å². The number of nitrogens with one attached hydrogen (secondary N) is 3. The first-order valence-corrected chi connectivity index (χ1v) is 8.51. The summed E-state index contributed by atoms with van der Waals surface area (Å²) in [4.78, 5) is 35.7. The highest BCUT2D eigenvalue weighted by molar-refractivity contribution is 6.53. The van der Waals surface area contributed by atoms with Crippen LogP contribution >= 0.6 is 0 Å². The summed E-state index contributed by atoms with van der Waals surface area (Å²) in [5.41, 5.74) is 4.05. The molecule has 0 aromatic heterocycles. The molecule has 4 amide bonds. The maximum Gasteiger partial charge on any atom is 0.342 e. The lowest BCUT2D eigenvalue weighted by Crippen LogP contribution is -2.37. The van der Waals surface area contributed by atoms with Crippen molar-refractivity contribution in [2.75, 3.05) is 19.5 Å². The van der Waals surface area contributed by atoms with E-state index in [0.29, 0.717) is 28.3 Å². The zero-order chi connectivity index (χ0) is 20.8. The zero-order valence-electron chi connectivity index (χ0n) is 15.7. The van der Waals surface area contributed by atoms with Crippen molar-refractivity contribution in [3.8, 4) is 11.5 Å². The fourth-order valence-electron chi connectivity index (χ4n) is 2.63. The summed E-state index contributed by atoms with van der Waals surface area (Å²) in [6, 6.07) is 11.2. The maximum absolute atomic E-state index is 11.9. The molecule has 29 heavy (non-hydrogen) atoms. The Hall–Kier alpha value is -4.14. The Kier molecular flexibility index (Phi) is 5.88. The van der Waals surface area contributed by atoms with Crippen LogP contribution in [0.3, 0.4) is 0 Å². The molecule has 3 N–H and O–H groups in total. The van der Waals surface area contributed by atoms with Gasteiger partial charge in [-0.15, -0.1) is 0 Å². The maximum atomic E-state index is 11.9. The molecule has 2 aromatic carbocycles. The summed E-state index contributed by atoms with van der Waals surface area (Å²) in [5.74, 6) is -0.0243. The lowest BCUT2D eigenvalue weighted by Gasteiger charge is -2.07. The van der Waals surface area contributed by atoms with Gasteiger partial charge in [-0.05, 0) is 29.8 Å². The molecule has 148 valence electrons. The summed E-state index contributed by atoms with van der Waals surface area (Å²) < 4.78 is 10.3. The van der Waals surface area contributed by atoms with E-state index in [1.807, 2.05) is 0 Å². The van der Waals surface area contributed by atoms with Crippen LogP contribution < -0.4 is 25.5 Å². The Labute approximate surface area is 166 Å². The average Bonchev–Trinajstić information content (AvgIpc) is 3.05. The monoisotopic (exact) mass is 394 g/mol. The molecule has 0 radical (unpaired) electrons. The van der Waals surface area contributed by atoms with Crippen molar-refractivity contribution in [3.63, 3.8) is 0 Å². The number of amides is 4. The molecule has 0 saturated carbocycles. The normalized spacial score (nSPS) is 13.7. The number of hydrogen-bond donors (Lipinski definition) is 3. The van der Waals surface area contributed by atoms with E-state index in [2.05, 4.69) is 21.2 Å². The van der Waals surface area contributed by atoms with Crippen LogP contribution in [0.4, 0.5) is 10.5 Å². The van der Waals surface area contributed by atoms with E-state index >= 15 is 0 Å². The van der Waals surface area contributed by atoms with Crippen LogP contribution in [-0.2, 0) is 9.59 Å². The lowest BCUT2D eigenvalue weighted by atomic mass is 10.1. The van der Waals surface area contributed by atoms with Gasteiger partial charge in [0.25, 0.3) is 11.8 Å². The highest BCUT2D eigenvalue weighted by atomic mass is 16.5. The number of nitrogens with zero attached hydrogens (tertiary/aromatic N) is 1. The molecule has 2 aromatic rings. The van der Waals surface area contributed by atoms with Gasteiger partial charge < -0.3 is 14.8 Å². The number of ether oxygens (including phenoxy) is 2. The van der Waals surface area contributed by atoms with E-state index in [1.54, 1.807) is 42.5 Å². The van der Waals surface area contributed by atoms with Gasteiger partial charge in [-0.1, -0.05) is 24.3 Å². The third-order valence-electron chi connectivity index (χ3n) is 3.99. The Bertz CT molecular complexity index is 1030. The molecule has 0 atom stereocenters. The summed E-state index contributed by atoms with van der Waals surface area (Å²) in [5, 5.41) is 8.52. The summed E-state index contributed by atoms with van der Waals surface area (Å²) in [7, 11) is 3.03. The Morgan fingerprint density at radius 1 is 1.07 bits per heavy atom. The third-order valence-corrected chi connectivity index (χ3v) is 3.99. The van der Waals surface area contributed by atoms with Gasteiger partial charge in [0.2, 0.25) is 0 Å². The second kappa shape index (κ2) is 8.70. The number of anilines is 1.